The molecule has 4 amide bonds. The number of sulfonamides is 1. The Hall–Kier alpha value is -4.86. The maximum Gasteiger partial charge on any atom is 0.272 e. The van der Waals surface area contributed by atoms with Crippen LogP contribution in [0.4, 0.5) is 4.39 Å². The van der Waals surface area contributed by atoms with Crippen molar-refractivity contribution in [3.63, 3.8) is 0 Å². The number of allylic oxidation sites excluding steroid dienone is 1. The average molecular weight is 736 g/mol. The number of fused-ring (bicyclic) bond motifs is 3. The molecule has 52 heavy (non-hydrogen) atoms. The zero-order valence-electron chi connectivity index (χ0n) is 28.6. The molecule has 3 fully saturated rings. The van der Waals surface area contributed by atoms with E-state index in [0.29, 0.717) is 44.2 Å². The molecule has 2 aliphatic carbocycles. The van der Waals surface area contributed by atoms with Crippen molar-refractivity contribution in [3.8, 4) is 0 Å². The second-order valence-corrected chi connectivity index (χ2v) is 16.2. The van der Waals surface area contributed by atoms with Crippen molar-refractivity contribution >= 4 is 33.7 Å². The molecule has 3 N–H and O–H groups in total. The highest BCUT2D eigenvalue weighted by Crippen LogP contribution is 2.46. The van der Waals surface area contributed by atoms with Gasteiger partial charge in [0.25, 0.3) is 11.8 Å². The molecule has 1 saturated heterocycles. The molecular formula is C36H42FN7O7S. The Kier molecular flexibility index (Phi) is 9.76. The third-order valence-electron chi connectivity index (χ3n) is 10.5. The number of benzene rings is 1. The minimum Gasteiger partial charge on any atom is -0.474 e. The van der Waals surface area contributed by atoms with Crippen LogP contribution in [-0.4, -0.2) is 87.3 Å². The third kappa shape index (κ3) is 7.38. The molecule has 7 rings (SSSR count). The lowest BCUT2D eigenvalue weighted by atomic mass is 10.0. The predicted octanol–water partition coefficient (Wildman–Crippen LogP) is 2.19. The molecule has 1 unspecified atom stereocenters. The van der Waals surface area contributed by atoms with Crippen LogP contribution >= 0.6 is 0 Å². The van der Waals surface area contributed by atoms with Crippen LogP contribution in [0.15, 0.2) is 61.4 Å². The van der Waals surface area contributed by atoms with E-state index in [9.17, 15) is 32.0 Å². The topological polar surface area (TPSA) is 180 Å². The minimum absolute atomic E-state index is 0.0230. The number of nitrogens with one attached hydrogen (secondary N) is 3. The Labute approximate surface area is 301 Å². The standard InChI is InChI=1S/C36H42FN7O7S/c1-22(43-19-23-8-7-10-28(37)27(23)21-43)51-25-16-31-33(46)41-36(35(48)42-52(49,50)26-12-13-26)17-24(36)9-5-3-2-4-6-11-29(34(47)44(31)20-25)40-32(45)30-18-38-14-15-39-30/h5,7-10,14-15,18,24-26,29,31H,1-4,6,11-13,16-17,19-21H2,(H,40,45)(H,41,46)(H,42,48)/b9-5-/t24-,25-,29+,31?,36-/m1/s1. The molecule has 2 aromatic rings. The summed E-state index contributed by atoms with van der Waals surface area (Å²) >= 11 is 0. The van der Waals surface area contributed by atoms with E-state index in [2.05, 4.69) is 31.9 Å². The lowest BCUT2D eigenvalue weighted by Crippen LogP contribution is -2.58. The van der Waals surface area contributed by atoms with E-state index >= 15 is 0 Å². The second kappa shape index (κ2) is 14.3. The maximum absolute atomic E-state index is 14.5. The summed E-state index contributed by atoms with van der Waals surface area (Å²) in [5, 5.41) is 5.00. The van der Waals surface area contributed by atoms with Gasteiger partial charge in [0.1, 0.15) is 35.2 Å². The largest absolute Gasteiger partial charge is 0.474 e. The summed E-state index contributed by atoms with van der Waals surface area (Å²) in [6, 6.07) is 2.72. The molecule has 5 aliphatic rings. The van der Waals surface area contributed by atoms with Gasteiger partial charge in [0, 0.05) is 43.4 Å². The number of ether oxygens (including phenoxy) is 1. The maximum atomic E-state index is 14.5. The number of hydrogen-bond donors (Lipinski definition) is 3. The Bertz CT molecular complexity index is 1910. The lowest BCUT2D eigenvalue weighted by molar-refractivity contribution is -0.141. The molecule has 0 bridgehead atoms. The van der Waals surface area contributed by atoms with Crippen LogP contribution < -0.4 is 15.4 Å². The first-order valence-electron chi connectivity index (χ1n) is 17.7. The summed E-state index contributed by atoms with van der Waals surface area (Å²) < 4.78 is 48.5. The van der Waals surface area contributed by atoms with Crippen LogP contribution in [0.3, 0.4) is 0 Å². The number of aromatic nitrogens is 2. The zero-order valence-corrected chi connectivity index (χ0v) is 29.4. The van der Waals surface area contributed by atoms with Crippen molar-refractivity contribution in [2.45, 2.75) is 99.9 Å². The predicted molar refractivity (Wildman–Crippen MR) is 184 cm³/mol. The van der Waals surface area contributed by atoms with E-state index in [-0.39, 0.29) is 43.3 Å². The Balaban J connectivity index is 1.14. The van der Waals surface area contributed by atoms with E-state index in [4.69, 9.17) is 4.74 Å². The van der Waals surface area contributed by atoms with Crippen molar-refractivity contribution < 1.29 is 36.7 Å². The molecule has 276 valence electrons. The van der Waals surface area contributed by atoms with Gasteiger partial charge < -0.3 is 25.2 Å². The first-order valence-corrected chi connectivity index (χ1v) is 19.3. The van der Waals surface area contributed by atoms with Gasteiger partial charge in [-0.1, -0.05) is 37.1 Å². The first-order chi connectivity index (χ1) is 24.9. The summed E-state index contributed by atoms with van der Waals surface area (Å²) in [6.07, 6.45) is 11.4. The van der Waals surface area contributed by atoms with Gasteiger partial charge in [-0.15, -0.1) is 0 Å². The summed E-state index contributed by atoms with van der Waals surface area (Å²) in [7, 11) is -3.90. The van der Waals surface area contributed by atoms with Crippen LogP contribution in [0.1, 0.15) is 79.4 Å². The highest BCUT2D eigenvalue weighted by Gasteiger charge is 2.62. The number of hydrogen-bond acceptors (Lipinski definition) is 10. The molecule has 5 atom stereocenters. The molecule has 1 aromatic carbocycles. The average Bonchev–Trinajstić information content (AvgIpc) is 4.01. The van der Waals surface area contributed by atoms with Crippen LogP contribution in [-0.2, 0) is 42.2 Å². The molecular weight excluding hydrogens is 694 g/mol. The fraction of sp³-hybridized carbons (Fsp3) is 0.500. The zero-order chi connectivity index (χ0) is 36.6. The van der Waals surface area contributed by atoms with E-state index < -0.39 is 68.5 Å². The van der Waals surface area contributed by atoms with E-state index in [1.54, 1.807) is 11.0 Å². The number of carbonyl (C=O) groups excluding carboxylic acids is 4. The van der Waals surface area contributed by atoms with Crippen molar-refractivity contribution in [2.24, 2.45) is 5.92 Å². The quantitative estimate of drug-likeness (QED) is 0.269. The Morgan fingerprint density at radius 3 is 2.67 bits per heavy atom. The fourth-order valence-corrected chi connectivity index (χ4v) is 8.68. The van der Waals surface area contributed by atoms with Gasteiger partial charge in [-0.25, -0.2) is 17.8 Å². The third-order valence-corrected chi connectivity index (χ3v) is 12.3. The number of amides is 4. The molecule has 16 heteroatoms. The van der Waals surface area contributed by atoms with E-state index in [1.807, 2.05) is 18.2 Å². The van der Waals surface area contributed by atoms with Gasteiger partial charge in [0.15, 0.2) is 5.88 Å². The Morgan fingerprint density at radius 1 is 1.10 bits per heavy atom. The fourth-order valence-electron chi connectivity index (χ4n) is 7.32. The van der Waals surface area contributed by atoms with Gasteiger partial charge in [0.2, 0.25) is 21.8 Å². The second-order valence-electron chi connectivity index (χ2n) is 14.2. The molecule has 0 spiro atoms. The smallest absolute Gasteiger partial charge is 0.272 e. The first kappa shape index (κ1) is 35.5. The van der Waals surface area contributed by atoms with Crippen LogP contribution in [0.2, 0.25) is 0 Å². The molecule has 4 heterocycles. The molecule has 14 nitrogen and oxygen atoms in total. The number of halogens is 1. The highest BCUT2D eigenvalue weighted by molar-refractivity contribution is 7.91. The van der Waals surface area contributed by atoms with E-state index in [1.165, 1.54) is 29.6 Å². The SMILES string of the molecule is C=C(O[C@@H]1CC2C(=O)N[C@]3(C(=O)NS(=O)(=O)C4CC4)C[C@H]3/C=C\CCCCC[C@H](NC(=O)c3cnccn3)C(=O)N2C1)N1Cc2cccc(F)c2C1. The molecule has 3 aliphatic heterocycles. The van der Waals surface area contributed by atoms with E-state index in [0.717, 1.165) is 18.4 Å². The van der Waals surface area contributed by atoms with Gasteiger partial charge in [0.05, 0.1) is 18.0 Å². The molecule has 0 radical (unpaired) electrons. The van der Waals surface area contributed by atoms with Crippen molar-refractivity contribution in [1.29, 1.82) is 0 Å². The van der Waals surface area contributed by atoms with Crippen LogP contribution in [0.25, 0.3) is 0 Å². The summed E-state index contributed by atoms with van der Waals surface area (Å²) in [4.78, 5) is 66.7. The van der Waals surface area contributed by atoms with Gasteiger partial charge in [-0.3, -0.25) is 28.9 Å². The number of carbonyl (C=O) groups is 4. The minimum atomic E-state index is -3.90. The Morgan fingerprint density at radius 2 is 1.92 bits per heavy atom. The number of rotatable bonds is 8. The highest BCUT2D eigenvalue weighted by atomic mass is 32.2. The molecule has 2 saturated carbocycles. The van der Waals surface area contributed by atoms with Crippen LogP contribution in [0.5, 0.6) is 0 Å². The molecule has 1 aromatic heterocycles. The summed E-state index contributed by atoms with van der Waals surface area (Å²) in [5.74, 6) is -3.08. The lowest BCUT2D eigenvalue weighted by Gasteiger charge is -2.30. The number of nitrogens with zero attached hydrogens (tertiary/aromatic N) is 4. The van der Waals surface area contributed by atoms with Gasteiger partial charge >= 0.3 is 0 Å². The van der Waals surface area contributed by atoms with Crippen LogP contribution in [0, 0.1) is 11.7 Å². The monoisotopic (exact) mass is 735 g/mol. The van der Waals surface area contributed by atoms with Gasteiger partial charge in [-0.05, 0) is 56.7 Å². The summed E-state index contributed by atoms with van der Waals surface area (Å²) in [6.45, 7) is 4.65. The van der Waals surface area contributed by atoms with Crippen molar-refractivity contribution in [3.05, 3.63) is 84.0 Å². The van der Waals surface area contributed by atoms with Gasteiger partial charge in [-0.2, -0.15) is 0 Å². The summed E-state index contributed by atoms with van der Waals surface area (Å²) in [5.41, 5.74) is -0.136. The van der Waals surface area contributed by atoms with Crippen molar-refractivity contribution in [1.82, 2.24) is 35.1 Å². The normalized spacial score (nSPS) is 28.2. The van der Waals surface area contributed by atoms with Crippen molar-refractivity contribution in [2.75, 3.05) is 6.54 Å².